The Labute approximate surface area is 83.8 Å². The van der Waals surface area contributed by atoms with E-state index in [2.05, 4.69) is 20.4 Å². The van der Waals surface area contributed by atoms with Crippen LogP contribution in [0.15, 0.2) is 18.7 Å². The summed E-state index contributed by atoms with van der Waals surface area (Å²) < 4.78 is 27.5. The highest BCUT2D eigenvalue weighted by Gasteiger charge is 2.12. The molecule has 0 amide bonds. The van der Waals surface area contributed by atoms with Crippen LogP contribution in [0.25, 0.3) is 5.82 Å². The fraction of sp³-hybridized carbons (Fsp3) is 0.125. The second kappa shape index (κ2) is 3.60. The first-order valence-corrected chi connectivity index (χ1v) is 4.11. The third-order valence-electron chi connectivity index (χ3n) is 1.78. The van der Waals surface area contributed by atoms with Gasteiger partial charge in [0.25, 0.3) is 0 Å². The largest absolute Gasteiger partial charge is 0.371 e. The van der Waals surface area contributed by atoms with E-state index in [9.17, 15) is 8.78 Å². The first-order valence-electron chi connectivity index (χ1n) is 4.11. The molecular formula is C8H7F2N5. The lowest BCUT2D eigenvalue weighted by Crippen LogP contribution is -2.06. The number of hydrogen-bond donors (Lipinski definition) is 1. The van der Waals surface area contributed by atoms with Gasteiger partial charge in [-0.2, -0.15) is 9.78 Å². The molecule has 2 heterocycles. The van der Waals surface area contributed by atoms with Crippen molar-refractivity contribution in [3.63, 3.8) is 0 Å². The molecule has 1 N–H and O–H groups in total. The summed E-state index contributed by atoms with van der Waals surface area (Å²) in [5.74, 6) is -1.68. The highest BCUT2D eigenvalue weighted by atomic mass is 19.1. The highest BCUT2D eigenvalue weighted by Crippen LogP contribution is 2.16. The Morgan fingerprint density at radius 2 is 2.13 bits per heavy atom. The average molecular weight is 211 g/mol. The van der Waals surface area contributed by atoms with Crippen molar-refractivity contribution in [1.29, 1.82) is 0 Å². The molecular weight excluding hydrogens is 204 g/mol. The number of aromatic nitrogens is 4. The van der Waals surface area contributed by atoms with Gasteiger partial charge in [-0.1, -0.05) is 0 Å². The van der Waals surface area contributed by atoms with Crippen LogP contribution in [0.5, 0.6) is 0 Å². The van der Waals surface area contributed by atoms with Crippen molar-refractivity contribution in [3.05, 3.63) is 30.4 Å². The van der Waals surface area contributed by atoms with Crippen LogP contribution >= 0.6 is 0 Å². The van der Waals surface area contributed by atoms with E-state index in [1.165, 1.54) is 19.7 Å². The van der Waals surface area contributed by atoms with Gasteiger partial charge in [0.2, 0.25) is 0 Å². The van der Waals surface area contributed by atoms with E-state index in [1.807, 2.05) is 0 Å². The monoisotopic (exact) mass is 211 g/mol. The van der Waals surface area contributed by atoms with Gasteiger partial charge < -0.3 is 5.32 Å². The Hall–Kier alpha value is -2.05. The van der Waals surface area contributed by atoms with Gasteiger partial charge in [-0.15, -0.1) is 0 Å². The van der Waals surface area contributed by atoms with Crippen molar-refractivity contribution in [2.75, 3.05) is 12.4 Å². The molecule has 2 aromatic heterocycles. The minimum absolute atomic E-state index is 0.0399. The fourth-order valence-electron chi connectivity index (χ4n) is 1.11. The molecule has 0 saturated carbocycles. The Kier molecular flexibility index (Phi) is 2.28. The topological polar surface area (TPSA) is 55.6 Å². The number of hydrogen-bond acceptors (Lipinski definition) is 4. The maximum atomic E-state index is 13.3. The summed E-state index contributed by atoms with van der Waals surface area (Å²) in [7, 11) is 1.49. The fourth-order valence-corrected chi connectivity index (χ4v) is 1.11. The van der Waals surface area contributed by atoms with Crippen molar-refractivity contribution in [2.24, 2.45) is 0 Å². The van der Waals surface area contributed by atoms with E-state index in [1.54, 1.807) is 0 Å². The predicted molar refractivity (Wildman–Crippen MR) is 48.6 cm³/mol. The van der Waals surface area contributed by atoms with Crippen LogP contribution in [0, 0.1) is 11.6 Å². The molecule has 0 spiro atoms. The van der Waals surface area contributed by atoms with Crippen LogP contribution in [-0.4, -0.2) is 26.8 Å². The molecule has 0 fully saturated rings. The third-order valence-corrected chi connectivity index (χ3v) is 1.78. The van der Waals surface area contributed by atoms with Crippen LogP contribution in [0.3, 0.4) is 0 Å². The van der Waals surface area contributed by atoms with E-state index < -0.39 is 11.6 Å². The number of pyridine rings is 1. The maximum absolute atomic E-state index is 13.3. The second-order valence-electron chi connectivity index (χ2n) is 2.71. The Bertz CT molecular complexity index is 468. The summed E-state index contributed by atoms with van der Waals surface area (Å²) in [5.41, 5.74) is 0. The minimum Gasteiger partial charge on any atom is -0.371 e. The van der Waals surface area contributed by atoms with E-state index >= 15 is 0 Å². The zero-order chi connectivity index (χ0) is 10.8. The van der Waals surface area contributed by atoms with Gasteiger partial charge in [-0.05, 0) is 0 Å². The quantitative estimate of drug-likeness (QED) is 0.804. The third kappa shape index (κ3) is 1.63. The molecule has 0 saturated heterocycles. The Balaban J connectivity index is 2.57. The predicted octanol–water partition coefficient (Wildman–Crippen LogP) is 0.982. The molecule has 0 aliphatic heterocycles. The molecule has 0 aliphatic carbocycles. The highest BCUT2D eigenvalue weighted by molar-refractivity contribution is 5.41. The van der Waals surface area contributed by atoms with Crippen LogP contribution in [-0.2, 0) is 0 Å². The minimum atomic E-state index is -0.794. The van der Waals surface area contributed by atoms with Crippen molar-refractivity contribution in [1.82, 2.24) is 19.7 Å². The number of anilines is 1. The lowest BCUT2D eigenvalue weighted by molar-refractivity contribution is 0.563. The molecule has 0 bridgehead atoms. The molecule has 78 valence electrons. The molecule has 7 heteroatoms. The molecule has 5 nitrogen and oxygen atoms in total. The summed E-state index contributed by atoms with van der Waals surface area (Å²) in [6.45, 7) is 0. The van der Waals surface area contributed by atoms with Crippen LogP contribution in [0.2, 0.25) is 0 Å². The van der Waals surface area contributed by atoms with Gasteiger partial charge in [-0.25, -0.2) is 18.7 Å². The first-order chi connectivity index (χ1) is 7.22. The summed E-state index contributed by atoms with van der Waals surface area (Å²) in [6.07, 6.45) is 2.52. The zero-order valence-electron chi connectivity index (χ0n) is 7.78. The second-order valence-corrected chi connectivity index (χ2v) is 2.71. The van der Waals surface area contributed by atoms with E-state index in [0.29, 0.717) is 0 Å². The molecule has 0 aliphatic rings. The number of halogens is 2. The van der Waals surface area contributed by atoms with Crippen LogP contribution < -0.4 is 5.32 Å². The van der Waals surface area contributed by atoms with Gasteiger partial charge >= 0.3 is 0 Å². The standard InChI is InChI=1S/C8H7F2N5/c1-11-7-5(9)2-6(10)8(14-7)15-4-12-3-13-15/h2-4H,1H3,(H,11,14). The molecule has 0 unspecified atom stereocenters. The summed E-state index contributed by atoms with van der Waals surface area (Å²) in [6, 6.07) is 0.746. The van der Waals surface area contributed by atoms with Crippen molar-refractivity contribution < 1.29 is 8.78 Å². The van der Waals surface area contributed by atoms with Crippen molar-refractivity contribution >= 4 is 5.82 Å². The first kappa shape index (κ1) is 9.50. The average Bonchev–Trinajstić information content (AvgIpc) is 2.71. The number of nitrogens with zero attached hydrogens (tertiary/aromatic N) is 4. The molecule has 0 aromatic carbocycles. The van der Waals surface area contributed by atoms with Gasteiger partial charge in [0.15, 0.2) is 23.3 Å². The Morgan fingerprint density at radius 3 is 2.73 bits per heavy atom. The normalized spacial score (nSPS) is 10.3. The van der Waals surface area contributed by atoms with E-state index in [-0.39, 0.29) is 11.6 Å². The smallest absolute Gasteiger partial charge is 0.193 e. The molecule has 0 radical (unpaired) electrons. The van der Waals surface area contributed by atoms with Gasteiger partial charge in [0.05, 0.1) is 0 Å². The van der Waals surface area contributed by atoms with Gasteiger partial charge in [-0.3, -0.25) is 0 Å². The van der Waals surface area contributed by atoms with E-state index in [0.717, 1.165) is 10.7 Å². The maximum Gasteiger partial charge on any atom is 0.193 e. The van der Waals surface area contributed by atoms with E-state index in [4.69, 9.17) is 0 Å². The molecule has 2 aromatic rings. The summed E-state index contributed by atoms with van der Waals surface area (Å²) in [4.78, 5) is 7.38. The zero-order valence-corrected chi connectivity index (χ0v) is 7.78. The molecule has 2 rings (SSSR count). The lowest BCUT2D eigenvalue weighted by atomic mass is 10.4. The van der Waals surface area contributed by atoms with Crippen LogP contribution in [0.1, 0.15) is 0 Å². The number of nitrogens with one attached hydrogen (secondary N) is 1. The van der Waals surface area contributed by atoms with Gasteiger partial charge in [0.1, 0.15) is 12.7 Å². The molecule has 15 heavy (non-hydrogen) atoms. The van der Waals surface area contributed by atoms with Crippen molar-refractivity contribution in [2.45, 2.75) is 0 Å². The summed E-state index contributed by atoms with van der Waals surface area (Å²) in [5, 5.41) is 6.22. The SMILES string of the molecule is CNc1nc(-n2cncn2)c(F)cc1F. The Morgan fingerprint density at radius 1 is 1.33 bits per heavy atom. The lowest BCUT2D eigenvalue weighted by Gasteiger charge is -2.05. The van der Waals surface area contributed by atoms with Crippen LogP contribution in [0.4, 0.5) is 14.6 Å². The number of rotatable bonds is 2. The van der Waals surface area contributed by atoms with Crippen molar-refractivity contribution in [3.8, 4) is 5.82 Å². The van der Waals surface area contributed by atoms with Gasteiger partial charge in [0, 0.05) is 13.1 Å². The molecule has 0 atom stereocenters. The summed E-state index contributed by atoms with van der Waals surface area (Å²) >= 11 is 0.